The van der Waals surface area contributed by atoms with Crippen molar-refractivity contribution in [1.82, 2.24) is 15.3 Å². The quantitative estimate of drug-likeness (QED) is 0.600. The highest BCUT2D eigenvalue weighted by molar-refractivity contribution is 6.06. The van der Waals surface area contributed by atoms with E-state index in [1.807, 2.05) is 6.07 Å². The number of carbonyl (C=O) groups excluding carboxylic acids is 3. The number of nitrogens with zero attached hydrogens (tertiary/aromatic N) is 2. The van der Waals surface area contributed by atoms with Crippen LogP contribution in [0.15, 0.2) is 67.3 Å². The van der Waals surface area contributed by atoms with E-state index >= 15 is 0 Å². The van der Waals surface area contributed by atoms with Crippen LogP contribution in [0.2, 0.25) is 0 Å². The van der Waals surface area contributed by atoms with Crippen LogP contribution in [0.1, 0.15) is 33.2 Å². The number of pyridine rings is 2. The third-order valence-corrected chi connectivity index (χ3v) is 3.88. The number of amides is 3. The Labute approximate surface area is 167 Å². The van der Waals surface area contributed by atoms with E-state index < -0.39 is 5.91 Å². The van der Waals surface area contributed by atoms with Gasteiger partial charge < -0.3 is 16.0 Å². The molecule has 0 unspecified atom stereocenters. The molecule has 3 N–H and O–H groups in total. The molecular weight excluding hydrogens is 370 g/mol. The number of aromatic nitrogens is 2. The second kappa shape index (κ2) is 9.23. The Morgan fingerprint density at radius 1 is 0.828 bits per heavy atom. The molecule has 0 aliphatic carbocycles. The first kappa shape index (κ1) is 19.7. The van der Waals surface area contributed by atoms with Crippen molar-refractivity contribution in [3.8, 4) is 0 Å². The van der Waals surface area contributed by atoms with Gasteiger partial charge in [0.2, 0.25) is 5.91 Å². The van der Waals surface area contributed by atoms with E-state index in [9.17, 15) is 14.4 Å². The molecule has 29 heavy (non-hydrogen) atoms. The molecule has 3 amide bonds. The summed E-state index contributed by atoms with van der Waals surface area (Å²) in [4.78, 5) is 44.0. The lowest BCUT2D eigenvalue weighted by molar-refractivity contribution is -0.114. The minimum absolute atomic E-state index is 0.206. The van der Waals surface area contributed by atoms with Crippen molar-refractivity contribution in [2.24, 2.45) is 0 Å². The molecule has 8 heteroatoms. The number of hydrogen-bond donors (Lipinski definition) is 3. The Kier molecular flexibility index (Phi) is 6.26. The Morgan fingerprint density at radius 2 is 1.55 bits per heavy atom. The Bertz CT molecular complexity index is 1040. The molecule has 0 radical (unpaired) electrons. The maximum atomic E-state index is 12.5. The highest BCUT2D eigenvalue weighted by atomic mass is 16.2. The van der Waals surface area contributed by atoms with Crippen LogP contribution in [0, 0.1) is 0 Å². The first-order valence-corrected chi connectivity index (χ1v) is 8.82. The molecule has 3 aromatic rings. The number of hydrogen-bond acceptors (Lipinski definition) is 5. The molecule has 2 aromatic heterocycles. The smallest absolute Gasteiger partial charge is 0.257 e. The SMILES string of the molecule is CC(=O)Nc1cccc(NC(=O)c2cncc(C(=O)NCc3cccnc3)c2)c1. The van der Waals surface area contributed by atoms with Crippen molar-refractivity contribution in [3.63, 3.8) is 0 Å². The Balaban J connectivity index is 1.66. The van der Waals surface area contributed by atoms with Gasteiger partial charge in [-0.3, -0.25) is 24.4 Å². The molecular formula is C21H19N5O3. The normalized spacial score (nSPS) is 10.1. The zero-order valence-electron chi connectivity index (χ0n) is 15.7. The second-order valence-corrected chi connectivity index (χ2v) is 6.22. The first-order chi connectivity index (χ1) is 14.0. The lowest BCUT2D eigenvalue weighted by Crippen LogP contribution is -2.23. The predicted molar refractivity (Wildman–Crippen MR) is 108 cm³/mol. The third kappa shape index (κ3) is 5.70. The van der Waals surface area contributed by atoms with Crippen molar-refractivity contribution in [3.05, 3.63) is 83.9 Å². The van der Waals surface area contributed by atoms with Crippen molar-refractivity contribution in [1.29, 1.82) is 0 Å². The summed E-state index contributed by atoms with van der Waals surface area (Å²) in [7, 11) is 0. The Hall–Kier alpha value is -4.07. The molecule has 0 atom stereocenters. The van der Waals surface area contributed by atoms with Gasteiger partial charge in [0.25, 0.3) is 11.8 Å². The highest BCUT2D eigenvalue weighted by Gasteiger charge is 2.12. The van der Waals surface area contributed by atoms with Gasteiger partial charge in [-0.15, -0.1) is 0 Å². The van der Waals surface area contributed by atoms with Gasteiger partial charge in [-0.1, -0.05) is 12.1 Å². The average molecular weight is 389 g/mol. The summed E-state index contributed by atoms with van der Waals surface area (Å²) < 4.78 is 0. The fourth-order valence-corrected chi connectivity index (χ4v) is 2.56. The van der Waals surface area contributed by atoms with Gasteiger partial charge in [-0.25, -0.2) is 0 Å². The third-order valence-electron chi connectivity index (χ3n) is 3.88. The van der Waals surface area contributed by atoms with Crippen molar-refractivity contribution >= 4 is 29.1 Å². The molecule has 146 valence electrons. The summed E-state index contributed by atoms with van der Waals surface area (Å²) in [5.74, 6) is -0.967. The van der Waals surface area contributed by atoms with Gasteiger partial charge in [-0.05, 0) is 35.9 Å². The lowest BCUT2D eigenvalue weighted by atomic mass is 10.1. The van der Waals surface area contributed by atoms with Crippen LogP contribution in [0.25, 0.3) is 0 Å². The molecule has 0 saturated carbocycles. The zero-order chi connectivity index (χ0) is 20.6. The number of benzene rings is 1. The molecule has 0 fully saturated rings. The minimum atomic E-state index is -0.417. The van der Waals surface area contributed by atoms with E-state index in [0.717, 1.165) is 5.56 Å². The number of anilines is 2. The first-order valence-electron chi connectivity index (χ1n) is 8.82. The van der Waals surface area contributed by atoms with Crippen molar-refractivity contribution in [2.45, 2.75) is 13.5 Å². The maximum absolute atomic E-state index is 12.5. The van der Waals surface area contributed by atoms with Gasteiger partial charge in [0, 0.05) is 49.6 Å². The number of nitrogens with one attached hydrogen (secondary N) is 3. The summed E-state index contributed by atoms with van der Waals surface area (Å²) in [6.07, 6.45) is 6.10. The monoisotopic (exact) mass is 389 g/mol. The molecule has 0 aliphatic rings. The van der Waals surface area contributed by atoms with Crippen LogP contribution in [0.4, 0.5) is 11.4 Å². The van der Waals surface area contributed by atoms with E-state index in [-0.39, 0.29) is 22.9 Å². The van der Waals surface area contributed by atoms with Crippen LogP contribution in [-0.4, -0.2) is 27.7 Å². The van der Waals surface area contributed by atoms with Gasteiger partial charge >= 0.3 is 0 Å². The summed E-state index contributed by atoms with van der Waals surface area (Å²) in [6, 6.07) is 11.9. The molecule has 2 heterocycles. The van der Waals surface area contributed by atoms with E-state index in [0.29, 0.717) is 17.9 Å². The van der Waals surface area contributed by atoms with Crippen molar-refractivity contribution < 1.29 is 14.4 Å². The molecule has 0 saturated heterocycles. The van der Waals surface area contributed by atoms with Gasteiger partial charge in [0.05, 0.1) is 11.1 Å². The predicted octanol–water partition coefficient (Wildman–Crippen LogP) is 2.62. The van der Waals surface area contributed by atoms with Crippen LogP contribution >= 0.6 is 0 Å². The number of rotatable bonds is 6. The van der Waals surface area contributed by atoms with Crippen LogP contribution in [0.3, 0.4) is 0 Å². The maximum Gasteiger partial charge on any atom is 0.257 e. The highest BCUT2D eigenvalue weighted by Crippen LogP contribution is 2.16. The van der Waals surface area contributed by atoms with E-state index in [1.54, 1.807) is 42.7 Å². The standard InChI is InChI=1S/C21H19N5O3/c1-14(27)25-18-5-2-6-19(9-18)26-21(29)17-8-16(12-23-13-17)20(28)24-11-15-4-3-7-22-10-15/h2-10,12-13H,11H2,1H3,(H,24,28)(H,25,27)(H,26,29). The fourth-order valence-electron chi connectivity index (χ4n) is 2.56. The molecule has 8 nitrogen and oxygen atoms in total. The summed E-state index contributed by atoms with van der Waals surface area (Å²) >= 11 is 0. The molecule has 3 rings (SSSR count). The summed E-state index contributed by atoms with van der Waals surface area (Å²) in [5.41, 5.74) is 2.45. The molecule has 0 bridgehead atoms. The zero-order valence-corrected chi connectivity index (χ0v) is 15.7. The van der Waals surface area contributed by atoms with E-state index in [2.05, 4.69) is 25.9 Å². The Morgan fingerprint density at radius 3 is 2.24 bits per heavy atom. The van der Waals surface area contributed by atoms with E-state index in [4.69, 9.17) is 0 Å². The van der Waals surface area contributed by atoms with Crippen molar-refractivity contribution in [2.75, 3.05) is 10.6 Å². The van der Waals surface area contributed by atoms with Gasteiger partial charge in [0.15, 0.2) is 0 Å². The van der Waals surface area contributed by atoms with Crippen LogP contribution < -0.4 is 16.0 Å². The van der Waals surface area contributed by atoms with Crippen LogP contribution in [-0.2, 0) is 11.3 Å². The lowest BCUT2D eigenvalue weighted by Gasteiger charge is -2.09. The largest absolute Gasteiger partial charge is 0.348 e. The molecule has 0 aliphatic heterocycles. The minimum Gasteiger partial charge on any atom is -0.348 e. The molecule has 1 aromatic carbocycles. The van der Waals surface area contributed by atoms with E-state index in [1.165, 1.54) is 25.4 Å². The second-order valence-electron chi connectivity index (χ2n) is 6.22. The molecule has 0 spiro atoms. The van der Waals surface area contributed by atoms with Gasteiger partial charge in [-0.2, -0.15) is 0 Å². The number of carbonyl (C=O) groups is 3. The van der Waals surface area contributed by atoms with Crippen LogP contribution in [0.5, 0.6) is 0 Å². The fraction of sp³-hybridized carbons (Fsp3) is 0.0952. The average Bonchev–Trinajstić information content (AvgIpc) is 2.72. The van der Waals surface area contributed by atoms with Gasteiger partial charge in [0.1, 0.15) is 0 Å². The summed E-state index contributed by atoms with van der Waals surface area (Å²) in [6.45, 7) is 1.72. The summed E-state index contributed by atoms with van der Waals surface area (Å²) in [5, 5.41) is 8.14. The topological polar surface area (TPSA) is 113 Å².